The highest BCUT2D eigenvalue weighted by Gasteiger charge is 2.19. The zero-order valence-corrected chi connectivity index (χ0v) is 19.7. The van der Waals surface area contributed by atoms with E-state index in [0.717, 1.165) is 0 Å². The van der Waals surface area contributed by atoms with Crippen LogP contribution in [0.1, 0.15) is 43.6 Å². The van der Waals surface area contributed by atoms with Crippen molar-refractivity contribution in [2.75, 3.05) is 6.61 Å². The Balaban J connectivity index is 2.40. The maximum atomic E-state index is 12.2. The van der Waals surface area contributed by atoms with Gasteiger partial charge in [-0.05, 0) is 52.0 Å². The molecule has 0 unspecified atom stereocenters. The predicted octanol–water partition coefficient (Wildman–Crippen LogP) is 4.22. The van der Waals surface area contributed by atoms with Crippen LogP contribution in [0.25, 0.3) is 0 Å². The molecule has 0 bridgehead atoms. The van der Waals surface area contributed by atoms with Gasteiger partial charge in [-0.3, -0.25) is 0 Å². The number of ether oxygens (including phenoxy) is 1. The van der Waals surface area contributed by atoms with E-state index in [0.29, 0.717) is 25.5 Å². The number of benzene rings is 1. The molecule has 1 N–H and O–H groups in total. The average molecular weight is 500 g/mol. The molecule has 1 aromatic heterocycles. The molecule has 0 aliphatic heterocycles. The number of halogens is 1. The Labute approximate surface area is 183 Å². The van der Waals surface area contributed by atoms with Gasteiger partial charge in [-0.2, -0.15) is 17.5 Å². The highest BCUT2D eigenvalue weighted by Crippen LogP contribution is 2.34. The Morgan fingerprint density at radius 2 is 2.03 bits per heavy atom. The minimum atomic E-state index is -3.87. The van der Waals surface area contributed by atoms with Gasteiger partial charge >= 0.3 is 16.2 Å². The Kier molecular flexibility index (Phi) is 7.98. The van der Waals surface area contributed by atoms with Crippen LogP contribution in [-0.4, -0.2) is 37.7 Å². The van der Waals surface area contributed by atoms with Gasteiger partial charge in [-0.1, -0.05) is 33.8 Å². The molecule has 1 heterocycles. The summed E-state index contributed by atoms with van der Waals surface area (Å²) < 4.78 is 36.4. The summed E-state index contributed by atoms with van der Waals surface area (Å²) in [6, 6.07) is 8.67. The second kappa shape index (κ2) is 9.84. The van der Waals surface area contributed by atoms with Crippen LogP contribution in [0.3, 0.4) is 0 Å². The second-order valence-corrected chi connectivity index (χ2v) is 10.1. The molecule has 0 spiro atoms. The minimum Gasteiger partial charge on any atom is -0.462 e. The number of hydrogen-bond donors (Lipinski definition) is 1. The number of rotatable bonds is 7. The summed E-state index contributed by atoms with van der Waals surface area (Å²) in [4.78, 5) is 17.2. The Bertz CT molecular complexity index is 1020. The number of aromatic nitrogens is 1. The minimum absolute atomic E-state index is 0.255. The fourth-order valence-corrected chi connectivity index (χ4v) is 4.88. The summed E-state index contributed by atoms with van der Waals surface area (Å²) in [6.07, 6.45) is 2.85. The molecule has 0 aliphatic rings. The van der Waals surface area contributed by atoms with Crippen LogP contribution in [0.15, 0.2) is 55.3 Å². The van der Waals surface area contributed by atoms with Gasteiger partial charge in [0.1, 0.15) is 5.03 Å². The maximum Gasteiger partial charge on any atom is 0.340 e. The third kappa shape index (κ3) is 7.22. The van der Waals surface area contributed by atoms with Gasteiger partial charge in [0.05, 0.1) is 18.4 Å². The molecule has 0 fully saturated rings. The first-order valence-corrected chi connectivity index (χ1v) is 11.7. The Morgan fingerprint density at radius 3 is 2.69 bits per heavy atom. The van der Waals surface area contributed by atoms with Gasteiger partial charge in [-0.25, -0.2) is 9.78 Å². The van der Waals surface area contributed by atoms with Crippen molar-refractivity contribution in [3.8, 4) is 0 Å². The third-order valence-electron chi connectivity index (χ3n) is 3.24. The molecule has 1 aromatic carbocycles. The van der Waals surface area contributed by atoms with Gasteiger partial charge in [0.25, 0.3) is 0 Å². The molecule has 2 aromatic rings. The molecule has 0 saturated carbocycles. The number of hydrogen-bond acceptors (Lipinski definition) is 6. The molecule has 0 amide bonds. The molecule has 10 heteroatoms. The first kappa shape index (κ1) is 23.5. The van der Waals surface area contributed by atoms with Gasteiger partial charge < -0.3 is 4.74 Å². The molecule has 156 valence electrons. The summed E-state index contributed by atoms with van der Waals surface area (Å²) in [5, 5.41) is 0.453. The van der Waals surface area contributed by atoms with E-state index in [4.69, 9.17) is 4.74 Å². The second-order valence-electron chi connectivity index (χ2n) is 6.89. The van der Waals surface area contributed by atoms with E-state index in [1.54, 1.807) is 64.2 Å². The van der Waals surface area contributed by atoms with Gasteiger partial charge in [0, 0.05) is 26.7 Å². The lowest BCUT2D eigenvalue weighted by molar-refractivity contribution is 0.0521. The molecule has 2 rings (SSSR count). The molecule has 0 atom stereocenters. The fourth-order valence-electron chi connectivity index (χ4n) is 2.21. The molecular formula is C19H22BrN3O4S2. The predicted molar refractivity (Wildman–Crippen MR) is 118 cm³/mol. The van der Waals surface area contributed by atoms with Crippen molar-refractivity contribution in [1.82, 2.24) is 9.71 Å². The van der Waals surface area contributed by atoms with Gasteiger partial charge in [-0.15, -0.1) is 0 Å². The summed E-state index contributed by atoms with van der Waals surface area (Å²) in [6.45, 7) is 7.19. The highest BCUT2D eigenvalue weighted by molar-refractivity contribution is 9.10. The summed E-state index contributed by atoms with van der Waals surface area (Å²) >= 11 is 4.65. The smallest absolute Gasteiger partial charge is 0.340 e. The third-order valence-corrected chi connectivity index (χ3v) is 6.28. The molecule has 0 radical (unpaired) electrons. The number of carbonyl (C=O) groups excluding carboxylic acids is 1. The van der Waals surface area contributed by atoms with E-state index in [9.17, 15) is 13.2 Å². The summed E-state index contributed by atoms with van der Waals surface area (Å²) in [5.41, 5.74) is 0.242. The van der Waals surface area contributed by atoms with Crippen molar-refractivity contribution in [3.63, 3.8) is 0 Å². The van der Waals surface area contributed by atoms with Crippen LogP contribution in [-0.2, 0) is 14.9 Å². The van der Waals surface area contributed by atoms with Crippen LogP contribution < -0.4 is 4.72 Å². The van der Waals surface area contributed by atoms with Crippen molar-refractivity contribution < 1.29 is 17.9 Å². The standard InChI is InChI=1S/C19H22BrN3O4S2/c1-5-27-18(24)13-8-7-11-21-17(13)28-16-10-6-9-15(20)14(16)12-22-29(25,26)23-19(2,3)4/h6-12,23H,5H2,1-4H3. The largest absolute Gasteiger partial charge is 0.462 e. The summed E-state index contributed by atoms with van der Waals surface area (Å²) in [7, 11) is -3.87. The van der Waals surface area contributed by atoms with E-state index in [2.05, 4.69) is 30.0 Å². The molecular weight excluding hydrogens is 478 g/mol. The van der Waals surface area contributed by atoms with Crippen molar-refractivity contribution in [2.45, 2.75) is 43.2 Å². The van der Waals surface area contributed by atoms with Crippen molar-refractivity contribution in [3.05, 3.63) is 52.1 Å². The molecule has 7 nitrogen and oxygen atoms in total. The number of pyridine rings is 1. The van der Waals surface area contributed by atoms with Crippen LogP contribution in [0.5, 0.6) is 0 Å². The van der Waals surface area contributed by atoms with Crippen LogP contribution in [0.4, 0.5) is 0 Å². The lowest BCUT2D eigenvalue weighted by atomic mass is 10.1. The normalized spacial score (nSPS) is 12.3. The van der Waals surface area contributed by atoms with E-state index in [1.165, 1.54) is 18.0 Å². The molecule has 0 aliphatic carbocycles. The quantitative estimate of drug-likeness (QED) is 0.452. The van der Waals surface area contributed by atoms with Crippen LogP contribution >= 0.6 is 27.7 Å². The first-order chi connectivity index (χ1) is 13.5. The molecule has 0 saturated heterocycles. The highest BCUT2D eigenvalue weighted by atomic mass is 79.9. The molecule has 29 heavy (non-hydrogen) atoms. The zero-order chi connectivity index (χ0) is 21.7. The lowest BCUT2D eigenvalue weighted by Crippen LogP contribution is -2.39. The zero-order valence-electron chi connectivity index (χ0n) is 16.5. The number of carbonyl (C=O) groups is 1. The van der Waals surface area contributed by atoms with Crippen molar-refractivity contribution >= 4 is 50.1 Å². The van der Waals surface area contributed by atoms with E-state index in [-0.39, 0.29) is 6.61 Å². The SMILES string of the molecule is CCOC(=O)c1cccnc1Sc1cccc(Br)c1C=NS(=O)(=O)NC(C)(C)C. The van der Waals surface area contributed by atoms with Gasteiger partial charge in [0.15, 0.2) is 0 Å². The average Bonchev–Trinajstić information content (AvgIpc) is 2.60. The number of nitrogens with zero attached hydrogens (tertiary/aromatic N) is 2. The van der Waals surface area contributed by atoms with Gasteiger partial charge in [0.2, 0.25) is 0 Å². The van der Waals surface area contributed by atoms with Crippen LogP contribution in [0.2, 0.25) is 0 Å². The van der Waals surface area contributed by atoms with E-state index < -0.39 is 21.7 Å². The number of esters is 1. The summed E-state index contributed by atoms with van der Waals surface area (Å²) in [5.74, 6) is -0.467. The Hall–Kier alpha value is -1.75. The maximum absolute atomic E-state index is 12.2. The topological polar surface area (TPSA) is 97.7 Å². The fraction of sp³-hybridized carbons (Fsp3) is 0.316. The van der Waals surface area contributed by atoms with E-state index >= 15 is 0 Å². The Morgan fingerprint density at radius 1 is 1.31 bits per heavy atom. The monoisotopic (exact) mass is 499 g/mol. The number of nitrogens with one attached hydrogen (secondary N) is 1. The first-order valence-electron chi connectivity index (χ1n) is 8.70. The van der Waals surface area contributed by atoms with Crippen molar-refractivity contribution in [2.24, 2.45) is 4.40 Å². The van der Waals surface area contributed by atoms with E-state index in [1.807, 2.05) is 0 Å². The van der Waals surface area contributed by atoms with Crippen molar-refractivity contribution in [1.29, 1.82) is 0 Å². The van der Waals surface area contributed by atoms with Crippen LogP contribution in [0, 0.1) is 0 Å². The lowest BCUT2D eigenvalue weighted by Gasteiger charge is -2.17.